The first-order valence-corrected chi connectivity index (χ1v) is 7.28. The third-order valence-corrected chi connectivity index (χ3v) is 3.56. The number of hydrogen-bond donors (Lipinski definition) is 2. The molecule has 1 rings (SSSR count). The largest absolute Gasteiger partial charge is 0.478 e. The second-order valence-electron chi connectivity index (χ2n) is 5.52. The van der Waals surface area contributed by atoms with Gasteiger partial charge in [0, 0.05) is 24.0 Å². The number of benzene rings is 1. The van der Waals surface area contributed by atoms with Crippen molar-refractivity contribution in [3.05, 3.63) is 23.3 Å². The number of aryl methyl sites for hydroxylation is 1. The number of carbonyl (C=O) groups is 1. The molecule has 0 saturated carbocycles. The summed E-state index contributed by atoms with van der Waals surface area (Å²) in [5.41, 5.74) is 8.17. The molecule has 0 atom stereocenters. The molecule has 20 heavy (non-hydrogen) atoms. The lowest BCUT2D eigenvalue weighted by Gasteiger charge is -2.30. The summed E-state index contributed by atoms with van der Waals surface area (Å²) in [6.45, 7) is 9.22. The summed E-state index contributed by atoms with van der Waals surface area (Å²) in [6, 6.07) is 4.00. The molecule has 0 aliphatic rings. The van der Waals surface area contributed by atoms with Gasteiger partial charge in [-0.3, -0.25) is 0 Å². The molecule has 4 heteroatoms. The van der Waals surface area contributed by atoms with E-state index in [1.807, 2.05) is 13.0 Å². The van der Waals surface area contributed by atoms with Gasteiger partial charge in [-0.2, -0.15) is 0 Å². The van der Waals surface area contributed by atoms with E-state index in [0.717, 1.165) is 24.2 Å². The third-order valence-electron chi connectivity index (χ3n) is 3.56. The Bertz CT molecular complexity index is 470. The molecule has 0 heterocycles. The van der Waals surface area contributed by atoms with Gasteiger partial charge < -0.3 is 15.7 Å². The highest BCUT2D eigenvalue weighted by molar-refractivity contribution is 5.95. The fourth-order valence-electron chi connectivity index (χ4n) is 2.34. The van der Waals surface area contributed by atoms with Gasteiger partial charge in [0.1, 0.15) is 0 Å². The van der Waals surface area contributed by atoms with Crippen molar-refractivity contribution in [3.63, 3.8) is 0 Å². The highest BCUT2D eigenvalue weighted by Gasteiger charge is 2.16. The van der Waals surface area contributed by atoms with Crippen LogP contribution in [0.25, 0.3) is 0 Å². The smallest absolute Gasteiger partial charge is 0.337 e. The van der Waals surface area contributed by atoms with Crippen LogP contribution in [0.2, 0.25) is 0 Å². The standard InChI is InChI=1S/C16H26N2O2/c1-5-6-7-8-18(11(2)3)13-9-12(4)15(17)14(10-13)16(19)20/h9-11H,5-8,17H2,1-4H3,(H,19,20). The van der Waals surface area contributed by atoms with Crippen molar-refractivity contribution in [2.45, 2.75) is 53.0 Å². The summed E-state index contributed by atoms with van der Waals surface area (Å²) in [6.07, 6.45) is 3.47. The van der Waals surface area contributed by atoms with Crippen molar-refractivity contribution in [3.8, 4) is 0 Å². The highest BCUT2D eigenvalue weighted by Crippen LogP contribution is 2.27. The average Bonchev–Trinajstić information content (AvgIpc) is 2.37. The molecule has 0 radical (unpaired) electrons. The molecule has 0 bridgehead atoms. The molecule has 0 spiro atoms. The molecule has 0 unspecified atom stereocenters. The second-order valence-corrected chi connectivity index (χ2v) is 5.52. The quantitative estimate of drug-likeness (QED) is 0.590. The summed E-state index contributed by atoms with van der Waals surface area (Å²) in [7, 11) is 0. The van der Waals surface area contributed by atoms with Gasteiger partial charge in [-0.25, -0.2) is 4.79 Å². The van der Waals surface area contributed by atoms with Crippen molar-refractivity contribution in [1.29, 1.82) is 0 Å². The number of aromatic carboxylic acids is 1. The van der Waals surface area contributed by atoms with E-state index >= 15 is 0 Å². The van der Waals surface area contributed by atoms with E-state index in [4.69, 9.17) is 5.73 Å². The number of nitrogens with zero attached hydrogens (tertiary/aromatic N) is 1. The van der Waals surface area contributed by atoms with E-state index in [1.165, 1.54) is 12.8 Å². The number of carboxylic acids is 1. The Labute approximate surface area is 121 Å². The molecular weight excluding hydrogens is 252 g/mol. The normalized spacial score (nSPS) is 10.8. The first-order valence-electron chi connectivity index (χ1n) is 7.28. The summed E-state index contributed by atoms with van der Waals surface area (Å²) in [5, 5.41) is 9.25. The highest BCUT2D eigenvalue weighted by atomic mass is 16.4. The van der Waals surface area contributed by atoms with E-state index in [-0.39, 0.29) is 5.56 Å². The topological polar surface area (TPSA) is 66.6 Å². The second kappa shape index (κ2) is 7.17. The molecule has 0 aliphatic heterocycles. The van der Waals surface area contributed by atoms with Crippen molar-refractivity contribution in [1.82, 2.24) is 0 Å². The fourth-order valence-corrected chi connectivity index (χ4v) is 2.34. The minimum absolute atomic E-state index is 0.196. The molecule has 1 aromatic rings. The number of rotatable bonds is 7. The summed E-state index contributed by atoms with van der Waals surface area (Å²) < 4.78 is 0. The Morgan fingerprint density at radius 2 is 2.00 bits per heavy atom. The number of unbranched alkanes of at least 4 members (excludes halogenated alkanes) is 2. The van der Waals surface area contributed by atoms with Gasteiger partial charge in [0.2, 0.25) is 0 Å². The minimum atomic E-state index is -0.968. The van der Waals surface area contributed by atoms with Crippen LogP contribution in [-0.2, 0) is 0 Å². The van der Waals surface area contributed by atoms with Crippen LogP contribution in [0.5, 0.6) is 0 Å². The average molecular weight is 278 g/mol. The van der Waals surface area contributed by atoms with Crippen molar-refractivity contribution in [2.24, 2.45) is 0 Å². The molecule has 0 fully saturated rings. The predicted molar refractivity (Wildman–Crippen MR) is 84.6 cm³/mol. The monoisotopic (exact) mass is 278 g/mol. The van der Waals surface area contributed by atoms with Gasteiger partial charge in [0.15, 0.2) is 0 Å². The van der Waals surface area contributed by atoms with Crippen molar-refractivity contribution in [2.75, 3.05) is 17.2 Å². The van der Waals surface area contributed by atoms with E-state index in [1.54, 1.807) is 6.07 Å². The minimum Gasteiger partial charge on any atom is -0.478 e. The summed E-state index contributed by atoms with van der Waals surface area (Å²) in [5.74, 6) is -0.968. The van der Waals surface area contributed by atoms with Crippen LogP contribution in [0.3, 0.4) is 0 Å². The molecule has 112 valence electrons. The molecule has 3 N–H and O–H groups in total. The molecular formula is C16H26N2O2. The zero-order valence-corrected chi connectivity index (χ0v) is 12.9. The van der Waals surface area contributed by atoms with Gasteiger partial charge in [0.05, 0.1) is 5.56 Å². The summed E-state index contributed by atoms with van der Waals surface area (Å²) in [4.78, 5) is 13.5. The lowest BCUT2D eigenvalue weighted by atomic mass is 10.0. The van der Waals surface area contributed by atoms with E-state index in [2.05, 4.69) is 25.7 Å². The Hall–Kier alpha value is -1.71. The van der Waals surface area contributed by atoms with Crippen LogP contribution in [0.1, 0.15) is 56.0 Å². The van der Waals surface area contributed by atoms with Gasteiger partial charge in [-0.15, -0.1) is 0 Å². The molecule has 0 saturated heterocycles. The van der Waals surface area contributed by atoms with Crippen molar-refractivity contribution < 1.29 is 9.90 Å². The predicted octanol–water partition coefficient (Wildman–Crippen LogP) is 3.68. The Balaban J connectivity index is 3.10. The van der Waals surface area contributed by atoms with Crippen LogP contribution in [0.4, 0.5) is 11.4 Å². The number of nitrogen functional groups attached to an aromatic ring is 1. The molecule has 0 aliphatic carbocycles. The Morgan fingerprint density at radius 1 is 1.35 bits per heavy atom. The van der Waals surface area contributed by atoms with E-state index < -0.39 is 5.97 Å². The van der Waals surface area contributed by atoms with Gasteiger partial charge in [-0.1, -0.05) is 19.8 Å². The van der Waals surface area contributed by atoms with Gasteiger partial charge in [0.25, 0.3) is 0 Å². The lowest BCUT2D eigenvalue weighted by Crippen LogP contribution is -2.32. The van der Waals surface area contributed by atoms with Crippen LogP contribution in [0.15, 0.2) is 12.1 Å². The van der Waals surface area contributed by atoms with Crippen LogP contribution >= 0.6 is 0 Å². The first-order chi connectivity index (χ1) is 9.38. The maximum atomic E-state index is 11.3. The fraction of sp³-hybridized carbons (Fsp3) is 0.562. The molecule has 1 aromatic carbocycles. The molecule has 4 nitrogen and oxygen atoms in total. The summed E-state index contributed by atoms with van der Waals surface area (Å²) >= 11 is 0. The Morgan fingerprint density at radius 3 is 2.50 bits per heavy atom. The first kappa shape index (κ1) is 16.3. The van der Waals surface area contributed by atoms with Crippen molar-refractivity contribution >= 4 is 17.3 Å². The number of nitrogens with two attached hydrogens (primary N) is 1. The van der Waals surface area contributed by atoms with Crippen LogP contribution < -0.4 is 10.6 Å². The molecule has 0 amide bonds. The zero-order valence-electron chi connectivity index (χ0n) is 12.9. The third kappa shape index (κ3) is 3.89. The number of anilines is 2. The van der Waals surface area contributed by atoms with Gasteiger partial charge in [-0.05, 0) is 44.9 Å². The van der Waals surface area contributed by atoms with Gasteiger partial charge >= 0.3 is 5.97 Å². The van der Waals surface area contributed by atoms with E-state index in [9.17, 15) is 9.90 Å². The number of carboxylic acid groups (broad SMARTS) is 1. The molecule has 0 aromatic heterocycles. The maximum Gasteiger partial charge on any atom is 0.337 e. The SMILES string of the molecule is CCCCCN(c1cc(C)c(N)c(C(=O)O)c1)C(C)C. The Kier molecular flexibility index (Phi) is 5.86. The maximum absolute atomic E-state index is 11.3. The van der Waals surface area contributed by atoms with Crippen LogP contribution in [0, 0.1) is 6.92 Å². The lowest BCUT2D eigenvalue weighted by molar-refractivity contribution is 0.0698. The number of hydrogen-bond acceptors (Lipinski definition) is 3. The van der Waals surface area contributed by atoms with Crippen LogP contribution in [-0.4, -0.2) is 23.7 Å². The van der Waals surface area contributed by atoms with E-state index in [0.29, 0.717) is 11.7 Å². The zero-order chi connectivity index (χ0) is 15.3.